The number of aryl methyl sites for hydroxylation is 1. The van der Waals surface area contributed by atoms with Crippen LogP contribution in [0.1, 0.15) is 50.9 Å². The van der Waals surface area contributed by atoms with Crippen molar-refractivity contribution in [1.82, 2.24) is 29.5 Å². The fourth-order valence-electron chi connectivity index (χ4n) is 3.81. The predicted octanol–water partition coefficient (Wildman–Crippen LogP) is 5.31. The number of pyridine rings is 2. The van der Waals surface area contributed by atoms with Gasteiger partial charge >= 0.3 is 0 Å². The molecule has 0 saturated carbocycles. The molecule has 33 heavy (non-hydrogen) atoms. The third-order valence-corrected chi connectivity index (χ3v) is 5.97. The topological polar surface area (TPSA) is 93.4 Å². The largest absolute Gasteiger partial charge is 0.360 e. The first-order chi connectivity index (χ1) is 16.0. The molecule has 4 rings (SSSR count). The summed E-state index contributed by atoms with van der Waals surface area (Å²) < 4.78 is 2.01. The monoisotopic (exact) mass is 464 g/mol. The summed E-state index contributed by atoms with van der Waals surface area (Å²) in [6.45, 7) is 9.99. The van der Waals surface area contributed by atoms with Gasteiger partial charge in [-0.2, -0.15) is 9.97 Å². The smallest absolute Gasteiger partial charge is 0.226 e. The Morgan fingerprint density at radius 2 is 1.91 bits per heavy atom. The van der Waals surface area contributed by atoms with Gasteiger partial charge in [0.2, 0.25) is 5.95 Å². The number of aromatic nitrogens is 6. The summed E-state index contributed by atoms with van der Waals surface area (Å²) in [5, 5.41) is 7.52. The van der Waals surface area contributed by atoms with Crippen molar-refractivity contribution in [3.8, 4) is 0 Å². The van der Waals surface area contributed by atoms with E-state index < -0.39 is 0 Å². The molecule has 0 fully saturated rings. The van der Waals surface area contributed by atoms with Crippen molar-refractivity contribution in [1.29, 1.82) is 0 Å². The second-order valence-corrected chi connectivity index (χ2v) is 8.82. The van der Waals surface area contributed by atoms with Crippen LogP contribution in [0.4, 0.5) is 11.8 Å². The highest BCUT2D eigenvalue weighted by molar-refractivity contribution is 6.30. The third kappa shape index (κ3) is 5.22. The summed E-state index contributed by atoms with van der Waals surface area (Å²) >= 11 is 5.99. The molecule has 4 heterocycles. The SMILES string of the molecule is CCn1cnc2c(N[C@@H](C)c3ccc(Cl)cn3)nc(NCC(c3cccnc3)C(C)C)nc21. The van der Waals surface area contributed by atoms with Gasteiger partial charge in [-0.05, 0) is 43.5 Å². The fraction of sp³-hybridized carbons (Fsp3) is 0.375. The van der Waals surface area contributed by atoms with Gasteiger partial charge in [-0.15, -0.1) is 0 Å². The number of hydrogen-bond acceptors (Lipinski definition) is 7. The molecule has 0 spiro atoms. The van der Waals surface area contributed by atoms with E-state index in [0.717, 1.165) is 23.4 Å². The van der Waals surface area contributed by atoms with Crippen LogP contribution in [0, 0.1) is 5.92 Å². The molecule has 4 aromatic rings. The zero-order chi connectivity index (χ0) is 23.4. The molecule has 0 aliphatic heterocycles. The van der Waals surface area contributed by atoms with Crippen molar-refractivity contribution in [2.24, 2.45) is 5.92 Å². The zero-order valence-corrected chi connectivity index (χ0v) is 20.1. The van der Waals surface area contributed by atoms with Gasteiger partial charge in [0.05, 0.1) is 23.1 Å². The van der Waals surface area contributed by atoms with Crippen LogP contribution in [0.2, 0.25) is 5.02 Å². The average molecular weight is 465 g/mol. The van der Waals surface area contributed by atoms with E-state index in [1.54, 1.807) is 18.7 Å². The van der Waals surface area contributed by atoms with Crippen LogP contribution in [0.3, 0.4) is 0 Å². The molecule has 172 valence electrons. The Labute approximate surface area is 198 Å². The van der Waals surface area contributed by atoms with Gasteiger partial charge in [0.1, 0.15) is 0 Å². The average Bonchev–Trinajstić information content (AvgIpc) is 3.23. The molecule has 0 radical (unpaired) electrons. The van der Waals surface area contributed by atoms with Crippen LogP contribution in [0.15, 0.2) is 49.2 Å². The summed E-state index contributed by atoms with van der Waals surface area (Å²) in [4.78, 5) is 22.8. The van der Waals surface area contributed by atoms with Crippen molar-refractivity contribution in [3.05, 3.63) is 65.5 Å². The minimum absolute atomic E-state index is 0.0844. The molecule has 4 aromatic heterocycles. The fourth-order valence-corrected chi connectivity index (χ4v) is 3.92. The van der Waals surface area contributed by atoms with Gasteiger partial charge in [-0.3, -0.25) is 9.97 Å². The minimum atomic E-state index is -0.0844. The van der Waals surface area contributed by atoms with E-state index in [0.29, 0.717) is 29.3 Å². The van der Waals surface area contributed by atoms with Gasteiger partial charge in [0.15, 0.2) is 17.0 Å². The first-order valence-electron chi connectivity index (χ1n) is 11.2. The van der Waals surface area contributed by atoms with Crippen molar-refractivity contribution in [2.45, 2.75) is 46.2 Å². The van der Waals surface area contributed by atoms with Crippen LogP contribution >= 0.6 is 11.6 Å². The van der Waals surface area contributed by atoms with Crippen LogP contribution in [0.5, 0.6) is 0 Å². The van der Waals surface area contributed by atoms with Crippen molar-refractivity contribution in [2.75, 3.05) is 17.2 Å². The van der Waals surface area contributed by atoms with Crippen LogP contribution < -0.4 is 10.6 Å². The van der Waals surface area contributed by atoms with E-state index in [4.69, 9.17) is 21.6 Å². The van der Waals surface area contributed by atoms with E-state index in [-0.39, 0.29) is 12.0 Å². The minimum Gasteiger partial charge on any atom is -0.360 e. The van der Waals surface area contributed by atoms with Gasteiger partial charge in [-0.25, -0.2) is 4.98 Å². The van der Waals surface area contributed by atoms with E-state index in [1.165, 1.54) is 5.56 Å². The Morgan fingerprint density at radius 1 is 1.06 bits per heavy atom. The highest BCUT2D eigenvalue weighted by Crippen LogP contribution is 2.27. The van der Waals surface area contributed by atoms with Crippen LogP contribution in [0.25, 0.3) is 11.2 Å². The first-order valence-corrected chi connectivity index (χ1v) is 11.6. The van der Waals surface area contributed by atoms with E-state index in [2.05, 4.69) is 52.4 Å². The summed E-state index contributed by atoms with van der Waals surface area (Å²) in [5.74, 6) is 1.94. The number of hydrogen-bond donors (Lipinski definition) is 2. The predicted molar refractivity (Wildman–Crippen MR) is 133 cm³/mol. The molecule has 0 bridgehead atoms. The Bertz CT molecular complexity index is 1190. The van der Waals surface area contributed by atoms with Gasteiger partial charge in [0, 0.05) is 37.6 Å². The zero-order valence-electron chi connectivity index (χ0n) is 19.3. The number of halogens is 1. The molecule has 9 heteroatoms. The summed E-state index contributed by atoms with van der Waals surface area (Å²) in [5.41, 5.74) is 3.58. The maximum absolute atomic E-state index is 5.99. The lowest BCUT2D eigenvalue weighted by Gasteiger charge is -2.22. The maximum Gasteiger partial charge on any atom is 0.226 e. The number of nitrogens with one attached hydrogen (secondary N) is 2. The number of imidazole rings is 1. The van der Waals surface area contributed by atoms with Crippen molar-refractivity contribution >= 4 is 34.5 Å². The highest BCUT2D eigenvalue weighted by atomic mass is 35.5. The van der Waals surface area contributed by atoms with E-state index in [1.807, 2.05) is 35.9 Å². The van der Waals surface area contributed by atoms with Gasteiger partial charge in [-0.1, -0.05) is 31.5 Å². The van der Waals surface area contributed by atoms with E-state index >= 15 is 0 Å². The highest BCUT2D eigenvalue weighted by Gasteiger charge is 2.19. The Kier molecular flexibility index (Phi) is 7.03. The molecule has 0 aliphatic carbocycles. The van der Waals surface area contributed by atoms with E-state index in [9.17, 15) is 0 Å². The normalized spacial score (nSPS) is 13.3. The number of anilines is 2. The molecule has 1 unspecified atom stereocenters. The lowest BCUT2D eigenvalue weighted by molar-refractivity contribution is 0.514. The van der Waals surface area contributed by atoms with Crippen LogP contribution in [-0.4, -0.2) is 36.0 Å². The summed E-state index contributed by atoms with van der Waals surface area (Å²) in [7, 11) is 0. The van der Waals surface area contributed by atoms with Crippen molar-refractivity contribution in [3.63, 3.8) is 0 Å². The second-order valence-electron chi connectivity index (χ2n) is 8.38. The number of rotatable bonds is 9. The Balaban J connectivity index is 1.62. The molecule has 0 aliphatic rings. The molecular formula is C24H29ClN8. The quantitative estimate of drug-likeness (QED) is 0.346. The number of fused-ring (bicyclic) bond motifs is 1. The molecule has 8 nitrogen and oxygen atoms in total. The molecule has 0 amide bonds. The molecule has 0 aromatic carbocycles. The summed E-state index contributed by atoms with van der Waals surface area (Å²) in [6.07, 6.45) is 7.17. The summed E-state index contributed by atoms with van der Waals surface area (Å²) in [6, 6.07) is 7.74. The Hall–Kier alpha value is -3.26. The van der Waals surface area contributed by atoms with Crippen molar-refractivity contribution < 1.29 is 0 Å². The van der Waals surface area contributed by atoms with Gasteiger partial charge in [0.25, 0.3) is 0 Å². The standard InChI is InChI=1S/C24H29ClN8/c1-5-33-14-29-21-22(30-16(4)20-9-8-18(25)12-27-20)31-24(32-23(21)33)28-13-19(15(2)3)17-7-6-10-26-11-17/h6-12,14-16,19H,5,13H2,1-4H3,(H2,28,30,31,32)/t16-,19?/m0/s1. The lowest BCUT2D eigenvalue weighted by atomic mass is 9.89. The molecular weight excluding hydrogens is 436 g/mol. The van der Waals surface area contributed by atoms with Gasteiger partial charge < -0.3 is 15.2 Å². The lowest BCUT2D eigenvalue weighted by Crippen LogP contribution is -2.20. The second kappa shape index (κ2) is 10.1. The third-order valence-electron chi connectivity index (χ3n) is 5.75. The Morgan fingerprint density at radius 3 is 2.58 bits per heavy atom. The maximum atomic E-state index is 5.99. The van der Waals surface area contributed by atoms with Crippen LogP contribution in [-0.2, 0) is 6.54 Å². The molecule has 2 N–H and O–H groups in total. The first kappa shape index (κ1) is 22.9. The molecule has 0 saturated heterocycles. The molecule has 2 atom stereocenters. The number of nitrogens with zero attached hydrogens (tertiary/aromatic N) is 6.